The Labute approximate surface area is 57.9 Å². The highest BCUT2D eigenvalue weighted by Gasteiger charge is 2.00. The average molecular weight is 139 g/mol. The summed E-state index contributed by atoms with van der Waals surface area (Å²) in [6, 6.07) is 0. The van der Waals surface area contributed by atoms with Crippen LogP contribution in [-0.4, -0.2) is 4.98 Å². The number of aryl methyl sites for hydroxylation is 1. The maximum atomic E-state index is 11.0. The number of aromatic amines is 1. The van der Waals surface area contributed by atoms with Gasteiger partial charge in [-0.15, -0.1) is 0 Å². The standard InChI is InChI=1S/C6H9N3O/c1-3-2-9-6(8)4(7)5(3)10/h2H,7H2,1H3,(H3,8,9,10). The van der Waals surface area contributed by atoms with Crippen molar-refractivity contribution in [3.63, 3.8) is 0 Å². The highest BCUT2D eigenvalue weighted by Crippen LogP contribution is 2.03. The zero-order valence-corrected chi connectivity index (χ0v) is 5.64. The predicted molar refractivity (Wildman–Crippen MR) is 40.6 cm³/mol. The van der Waals surface area contributed by atoms with E-state index < -0.39 is 0 Å². The Morgan fingerprint density at radius 2 is 2.10 bits per heavy atom. The summed E-state index contributed by atoms with van der Waals surface area (Å²) in [7, 11) is 0. The molecule has 1 aromatic rings. The molecule has 0 aliphatic rings. The fourth-order valence-corrected chi connectivity index (χ4v) is 0.664. The van der Waals surface area contributed by atoms with Crippen LogP contribution in [0.1, 0.15) is 5.56 Å². The van der Waals surface area contributed by atoms with Gasteiger partial charge < -0.3 is 16.5 Å². The minimum atomic E-state index is -0.198. The molecule has 0 radical (unpaired) electrons. The molecule has 4 nitrogen and oxygen atoms in total. The number of anilines is 2. The minimum absolute atomic E-state index is 0.0972. The van der Waals surface area contributed by atoms with Crippen molar-refractivity contribution in [2.24, 2.45) is 0 Å². The van der Waals surface area contributed by atoms with Crippen LogP contribution in [0.2, 0.25) is 0 Å². The van der Waals surface area contributed by atoms with E-state index in [-0.39, 0.29) is 16.9 Å². The van der Waals surface area contributed by atoms with Gasteiger partial charge in [-0.1, -0.05) is 0 Å². The van der Waals surface area contributed by atoms with Crippen molar-refractivity contribution in [3.05, 3.63) is 22.0 Å². The lowest BCUT2D eigenvalue weighted by atomic mass is 10.3. The molecule has 0 bridgehead atoms. The van der Waals surface area contributed by atoms with Gasteiger partial charge in [0.15, 0.2) is 0 Å². The third kappa shape index (κ3) is 0.834. The highest BCUT2D eigenvalue weighted by atomic mass is 16.1. The summed E-state index contributed by atoms with van der Waals surface area (Å²) in [5.74, 6) is 0.232. The number of rotatable bonds is 0. The number of nitrogens with two attached hydrogens (primary N) is 2. The number of hydrogen-bond acceptors (Lipinski definition) is 3. The van der Waals surface area contributed by atoms with Crippen LogP contribution in [0.4, 0.5) is 11.5 Å². The summed E-state index contributed by atoms with van der Waals surface area (Å²) in [6.45, 7) is 1.68. The van der Waals surface area contributed by atoms with Gasteiger partial charge in [-0.05, 0) is 6.92 Å². The first kappa shape index (κ1) is 6.67. The third-order valence-electron chi connectivity index (χ3n) is 1.34. The minimum Gasteiger partial charge on any atom is -0.393 e. The molecule has 0 aromatic carbocycles. The fourth-order valence-electron chi connectivity index (χ4n) is 0.664. The smallest absolute Gasteiger partial charge is 0.209 e. The Kier molecular flexibility index (Phi) is 1.37. The Morgan fingerprint density at radius 1 is 1.50 bits per heavy atom. The normalized spacial score (nSPS) is 9.70. The van der Waals surface area contributed by atoms with E-state index in [1.54, 1.807) is 6.92 Å². The second-order valence-corrected chi connectivity index (χ2v) is 2.13. The number of aromatic nitrogens is 1. The van der Waals surface area contributed by atoms with E-state index >= 15 is 0 Å². The van der Waals surface area contributed by atoms with Crippen molar-refractivity contribution >= 4 is 11.5 Å². The van der Waals surface area contributed by atoms with Crippen LogP contribution in [0.3, 0.4) is 0 Å². The van der Waals surface area contributed by atoms with Crippen LogP contribution in [-0.2, 0) is 0 Å². The molecule has 1 rings (SSSR count). The quantitative estimate of drug-likeness (QED) is 0.467. The van der Waals surface area contributed by atoms with Crippen LogP contribution in [0.25, 0.3) is 0 Å². The zero-order valence-electron chi connectivity index (χ0n) is 5.64. The average Bonchev–Trinajstić information content (AvgIpc) is 1.93. The maximum Gasteiger partial charge on any atom is 0.209 e. The molecule has 0 amide bonds. The molecule has 4 heteroatoms. The Balaban J connectivity index is 3.50. The van der Waals surface area contributed by atoms with Gasteiger partial charge in [-0.3, -0.25) is 4.79 Å². The van der Waals surface area contributed by atoms with Gasteiger partial charge in [0, 0.05) is 11.8 Å². The number of nitrogens with one attached hydrogen (secondary N) is 1. The van der Waals surface area contributed by atoms with Crippen LogP contribution in [0.5, 0.6) is 0 Å². The van der Waals surface area contributed by atoms with E-state index in [0.29, 0.717) is 5.56 Å². The van der Waals surface area contributed by atoms with Gasteiger partial charge in [-0.25, -0.2) is 0 Å². The second-order valence-electron chi connectivity index (χ2n) is 2.13. The van der Waals surface area contributed by atoms with Crippen LogP contribution in [0, 0.1) is 6.92 Å². The van der Waals surface area contributed by atoms with E-state index in [1.807, 2.05) is 0 Å². The second kappa shape index (κ2) is 2.06. The van der Waals surface area contributed by atoms with Crippen molar-refractivity contribution in [3.8, 4) is 0 Å². The summed E-state index contributed by atoms with van der Waals surface area (Å²) in [4.78, 5) is 13.6. The van der Waals surface area contributed by atoms with Crippen molar-refractivity contribution in [2.75, 3.05) is 11.5 Å². The largest absolute Gasteiger partial charge is 0.393 e. The highest BCUT2D eigenvalue weighted by molar-refractivity contribution is 5.58. The third-order valence-corrected chi connectivity index (χ3v) is 1.34. The fraction of sp³-hybridized carbons (Fsp3) is 0.167. The zero-order chi connectivity index (χ0) is 7.72. The molecule has 10 heavy (non-hydrogen) atoms. The van der Waals surface area contributed by atoms with Gasteiger partial charge >= 0.3 is 0 Å². The van der Waals surface area contributed by atoms with Gasteiger partial charge in [0.05, 0.1) is 0 Å². The van der Waals surface area contributed by atoms with E-state index in [2.05, 4.69) is 4.98 Å². The molecule has 0 saturated heterocycles. The van der Waals surface area contributed by atoms with Gasteiger partial charge in [0.2, 0.25) is 5.43 Å². The molecule has 5 N–H and O–H groups in total. The molecule has 1 aromatic heterocycles. The van der Waals surface area contributed by atoms with Gasteiger partial charge in [-0.2, -0.15) is 0 Å². The molecule has 0 aliphatic carbocycles. The molecule has 0 atom stereocenters. The van der Waals surface area contributed by atoms with E-state index in [4.69, 9.17) is 11.5 Å². The molecule has 1 heterocycles. The first-order valence-electron chi connectivity index (χ1n) is 2.86. The first-order chi connectivity index (χ1) is 4.63. The van der Waals surface area contributed by atoms with Crippen molar-refractivity contribution in [1.29, 1.82) is 0 Å². The van der Waals surface area contributed by atoms with Crippen molar-refractivity contribution in [2.45, 2.75) is 6.92 Å². The maximum absolute atomic E-state index is 11.0. The summed E-state index contributed by atoms with van der Waals surface area (Å²) in [6.07, 6.45) is 1.54. The number of hydrogen-bond donors (Lipinski definition) is 3. The Bertz CT molecular complexity index is 302. The molecule has 0 unspecified atom stereocenters. The lowest BCUT2D eigenvalue weighted by Crippen LogP contribution is -2.14. The van der Waals surface area contributed by atoms with Crippen LogP contribution in [0.15, 0.2) is 11.0 Å². The summed E-state index contributed by atoms with van der Waals surface area (Å²) >= 11 is 0. The predicted octanol–water partition coefficient (Wildman–Crippen LogP) is -0.152. The van der Waals surface area contributed by atoms with E-state index in [9.17, 15) is 4.79 Å². The van der Waals surface area contributed by atoms with Gasteiger partial charge in [0.25, 0.3) is 0 Å². The Morgan fingerprint density at radius 3 is 2.60 bits per heavy atom. The molecular weight excluding hydrogens is 130 g/mol. The lowest BCUT2D eigenvalue weighted by Gasteiger charge is -1.98. The molecular formula is C6H9N3O. The van der Waals surface area contributed by atoms with Crippen LogP contribution >= 0.6 is 0 Å². The topological polar surface area (TPSA) is 84.9 Å². The summed E-state index contributed by atoms with van der Waals surface area (Å²) < 4.78 is 0. The molecule has 0 fully saturated rings. The SMILES string of the molecule is Cc1c[nH]c(N)c(N)c1=O. The van der Waals surface area contributed by atoms with Crippen LogP contribution < -0.4 is 16.9 Å². The summed E-state index contributed by atoms with van der Waals surface area (Å²) in [5.41, 5.74) is 11.1. The molecule has 0 aliphatic heterocycles. The van der Waals surface area contributed by atoms with Crippen molar-refractivity contribution < 1.29 is 0 Å². The monoisotopic (exact) mass is 139 g/mol. The summed E-state index contributed by atoms with van der Waals surface area (Å²) in [5, 5.41) is 0. The Hall–Kier alpha value is -1.45. The molecule has 0 saturated carbocycles. The molecule has 0 spiro atoms. The van der Waals surface area contributed by atoms with Gasteiger partial charge in [0.1, 0.15) is 11.5 Å². The van der Waals surface area contributed by atoms with E-state index in [0.717, 1.165) is 0 Å². The lowest BCUT2D eigenvalue weighted by molar-refractivity contribution is 1.25. The number of nitrogen functional groups attached to an aromatic ring is 2. The molecule has 54 valence electrons. The first-order valence-corrected chi connectivity index (χ1v) is 2.86. The number of H-pyrrole nitrogens is 1. The number of pyridine rings is 1. The van der Waals surface area contributed by atoms with Crippen molar-refractivity contribution in [1.82, 2.24) is 4.98 Å². The van der Waals surface area contributed by atoms with E-state index in [1.165, 1.54) is 6.20 Å².